The van der Waals surface area contributed by atoms with Crippen molar-refractivity contribution in [2.75, 3.05) is 0 Å². The van der Waals surface area contributed by atoms with Crippen molar-refractivity contribution >= 4 is 30.4 Å². The number of carbonyl (C=O) groups is 1. The molecular formula is C24H25NOS2. The summed E-state index contributed by atoms with van der Waals surface area (Å²) in [4.78, 5) is 12.8. The van der Waals surface area contributed by atoms with Crippen molar-refractivity contribution in [1.29, 1.82) is 0 Å². The number of hydrogen-bond donors (Lipinski definition) is 3. The minimum absolute atomic E-state index is 0.349. The Balaban J connectivity index is 2.04. The van der Waals surface area contributed by atoms with Crippen LogP contribution in [0.1, 0.15) is 16.7 Å². The van der Waals surface area contributed by atoms with Crippen LogP contribution in [0.2, 0.25) is 0 Å². The third-order valence-corrected chi connectivity index (χ3v) is 6.33. The zero-order valence-electron chi connectivity index (χ0n) is 15.7. The molecule has 3 aromatic carbocycles. The normalized spacial score (nSPS) is 13.7. The first-order valence-corrected chi connectivity index (χ1v) is 10.2. The van der Waals surface area contributed by atoms with Gasteiger partial charge in [-0.05, 0) is 36.0 Å². The topological polar surface area (TPSA) is 43.1 Å². The van der Waals surface area contributed by atoms with Gasteiger partial charge < -0.3 is 5.73 Å². The van der Waals surface area contributed by atoms with Crippen LogP contribution in [0.5, 0.6) is 0 Å². The lowest BCUT2D eigenvalue weighted by Gasteiger charge is -2.44. The molecule has 0 fully saturated rings. The first-order chi connectivity index (χ1) is 13.4. The van der Waals surface area contributed by atoms with Gasteiger partial charge in [-0.15, -0.1) is 12.6 Å². The van der Waals surface area contributed by atoms with E-state index in [1.165, 1.54) is 0 Å². The molecule has 0 unspecified atom stereocenters. The minimum Gasteiger partial charge on any atom is -0.317 e. The molecule has 2 N–H and O–H groups in total. The average Bonchev–Trinajstić information content (AvgIpc) is 2.70. The molecule has 1 atom stereocenters. The molecule has 0 saturated heterocycles. The van der Waals surface area contributed by atoms with E-state index in [4.69, 9.17) is 18.4 Å². The lowest BCUT2D eigenvalue weighted by molar-refractivity contribution is -0.116. The van der Waals surface area contributed by atoms with Gasteiger partial charge in [-0.1, -0.05) is 91.0 Å². The van der Waals surface area contributed by atoms with E-state index in [2.05, 4.69) is 12.6 Å². The molecule has 144 valence electrons. The molecule has 0 bridgehead atoms. The Hall–Kier alpha value is -2.01. The molecule has 0 aromatic heterocycles. The summed E-state index contributed by atoms with van der Waals surface area (Å²) < 4.78 is -0.815. The number of thiol groups is 2. The molecule has 3 aromatic rings. The molecule has 0 heterocycles. The molecular weight excluding hydrogens is 382 g/mol. The summed E-state index contributed by atoms with van der Waals surface area (Å²) in [5.41, 5.74) is 8.77. The average molecular weight is 408 g/mol. The summed E-state index contributed by atoms with van der Waals surface area (Å²) >= 11 is 9.32. The van der Waals surface area contributed by atoms with Crippen LogP contribution in [0, 0.1) is 0 Å². The van der Waals surface area contributed by atoms with Crippen LogP contribution in [-0.2, 0) is 24.1 Å². The Morgan fingerprint density at radius 2 is 1.00 bits per heavy atom. The lowest BCUT2D eigenvalue weighted by Crippen LogP contribution is -2.65. The van der Waals surface area contributed by atoms with Gasteiger partial charge in [-0.3, -0.25) is 4.79 Å². The summed E-state index contributed by atoms with van der Waals surface area (Å²) in [5.74, 6) is 0. The maximum Gasteiger partial charge on any atom is 0.207 e. The third-order valence-electron chi connectivity index (χ3n) is 5.22. The van der Waals surface area contributed by atoms with E-state index in [0.717, 1.165) is 16.7 Å². The van der Waals surface area contributed by atoms with Gasteiger partial charge in [0.15, 0.2) is 0 Å². The maximum absolute atomic E-state index is 12.8. The second kappa shape index (κ2) is 8.99. The van der Waals surface area contributed by atoms with Gasteiger partial charge in [0.1, 0.15) is 5.54 Å². The van der Waals surface area contributed by atoms with Crippen molar-refractivity contribution < 1.29 is 4.79 Å². The predicted molar refractivity (Wildman–Crippen MR) is 123 cm³/mol. The molecule has 0 spiro atoms. The van der Waals surface area contributed by atoms with Gasteiger partial charge in [0.2, 0.25) is 5.12 Å². The fourth-order valence-corrected chi connectivity index (χ4v) is 4.53. The van der Waals surface area contributed by atoms with E-state index >= 15 is 0 Å². The van der Waals surface area contributed by atoms with E-state index in [0.29, 0.717) is 19.3 Å². The summed E-state index contributed by atoms with van der Waals surface area (Å²) in [6, 6.07) is 29.9. The standard InChI is InChI=1S/C24H25NOS2/c25-24(22(26)27,18-21-14-8-3-9-15-21)23(28,16-19-10-4-1-5-11-19)17-20-12-6-2-7-13-20/h1-15,28H,16-18,25H2,(H,26,27)/t24-/m1/s1. The molecule has 28 heavy (non-hydrogen) atoms. The zero-order chi connectivity index (χ0) is 20.0. The predicted octanol–water partition coefficient (Wildman–Crippen LogP) is 4.54. The van der Waals surface area contributed by atoms with Crippen LogP contribution < -0.4 is 5.73 Å². The highest BCUT2D eigenvalue weighted by atomic mass is 32.1. The van der Waals surface area contributed by atoms with E-state index in [1.54, 1.807) is 0 Å². The Labute approximate surface area is 178 Å². The van der Waals surface area contributed by atoms with E-state index in [-0.39, 0.29) is 5.12 Å². The van der Waals surface area contributed by atoms with Crippen molar-refractivity contribution in [1.82, 2.24) is 0 Å². The van der Waals surface area contributed by atoms with Crippen LogP contribution in [0.4, 0.5) is 0 Å². The van der Waals surface area contributed by atoms with E-state index < -0.39 is 10.3 Å². The summed E-state index contributed by atoms with van der Waals surface area (Å²) in [6.07, 6.45) is 1.49. The SMILES string of the molecule is N[C@](Cc1ccccc1)(C(=O)S)C(S)(Cc1ccccc1)Cc1ccccc1. The minimum atomic E-state index is -1.24. The summed E-state index contributed by atoms with van der Waals surface area (Å²) in [6.45, 7) is 0. The fraction of sp³-hybridized carbons (Fsp3) is 0.208. The Kier molecular flexibility index (Phi) is 6.65. The highest BCUT2D eigenvalue weighted by Gasteiger charge is 2.50. The molecule has 0 radical (unpaired) electrons. The Morgan fingerprint density at radius 1 is 0.679 bits per heavy atom. The number of nitrogens with two attached hydrogens (primary N) is 1. The molecule has 2 nitrogen and oxygen atoms in total. The molecule has 4 heteroatoms. The van der Waals surface area contributed by atoms with Crippen molar-refractivity contribution in [3.8, 4) is 0 Å². The van der Waals surface area contributed by atoms with E-state index in [9.17, 15) is 4.79 Å². The highest BCUT2D eigenvalue weighted by molar-refractivity contribution is 7.97. The van der Waals surface area contributed by atoms with Gasteiger partial charge in [0.05, 0.1) is 0 Å². The summed E-state index contributed by atoms with van der Waals surface area (Å²) in [7, 11) is 0. The largest absolute Gasteiger partial charge is 0.317 e. The van der Waals surface area contributed by atoms with Crippen molar-refractivity contribution in [2.24, 2.45) is 5.73 Å². The van der Waals surface area contributed by atoms with Gasteiger partial charge in [-0.2, -0.15) is 12.6 Å². The number of benzene rings is 3. The monoisotopic (exact) mass is 407 g/mol. The number of carbonyl (C=O) groups excluding carboxylic acids is 1. The van der Waals surface area contributed by atoms with Gasteiger partial charge in [0, 0.05) is 4.75 Å². The van der Waals surface area contributed by atoms with Gasteiger partial charge in [0.25, 0.3) is 0 Å². The maximum atomic E-state index is 12.8. The van der Waals surface area contributed by atoms with Crippen LogP contribution in [0.25, 0.3) is 0 Å². The van der Waals surface area contributed by atoms with E-state index in [1.807, 2.05) is 91.0 Å². The first-order valence-electron chi connectivity index (χ1n) is 9.29. The van der Waals surface area contributed by atoms with Crippen LogP contribution in [-0.4, -0.2) is 15.4 Å². The van der Waals surface area contributed by atoms with Crippen LogP contribution >= 0.6 is 25.3 Å². The quantitative estimate of drug-likeness (QED) is 0.480. The molecule has 0 aliphatic heterocycles. The van der Waals surface area contributed by atoms with Crippen molar-refractivity contribution in [2.45, 2.75) is 29.5 Å². The molecule has 0 saturated carbocycles. The second-order valence-corrected chi connectivity index (χ2v) is 8.56. The van der Waals surface area contributed by atoms with Gasteiger partial charge in [-0.25, -0.2) is 0 Å². The third kappa shape index (κ3) is 4.69. The molecule has 0 aliphatic carbocycles. The smallest absolute Gasteiger partial charge is 0.207 e. The van der Waals surface area contributed by atoms with Crippen molar-refractivity contribution in [3.05, 3.63) is 108 Å². The Bertz CT molecular complexity index is 858. The van der Waals surface area contributed by atoms with Crippen LogP contribution in [0.15, 0.2) is 91.0 Å². The lowest BCUT2D eigenvalue weighted by atomic mass is 9.73. The summed E-state index contributed by atoms with van der Waals surface area (Å²) in [5, 5.41) is -0.349. The molecule has 0 amide bonds. The highest BCUT2D eigenvalue weighted by Crippen LogP contribution is 2.38. The first kappa shape index (κ1) is 20.7. The number of rotatable bonds is 8. The zero-order valence-corrected chi connectivity index (χ0v) is 17.5. The van der Waals surface area contributed by atoms with Crippen molar-refractivity contribution in [3.63, 3.8) is 0 Å². The fourth-order valence-electron chi connectivity index (χ4n) is 3.60. The second-order valence-electron chi connectivity index (χ2n) is 7.30. The van der Waals surface area contributed by atoms with Gasteiger partial charge >= 0.3 is 0 Å². The molecule has 0 aliphatic rings. The molecule has 3 rings (SSSR count). The Morgan fingerprint density at radius 3 is 1.32 bits per heavy atom. The van der Waals surface area contributed by atoms with Crippen LogP contribution in [0.3, 0.4) is 0 Å². The number of hydrogen-bond acceptors (Lipinski definition) is 3.